The highest BCUT2D eigenvalue weighted by atomic mass is 16.6. The van der Waals surface area contributed by atoms with Crippen molar-refractivity contribution < 1.29 is 29.0 Å². The maximum Gasteiger partial charge on any atom is 0.313 e. The number of likely N-dealkylation sites (tertiary alicyclic amines) is 1. The minimum Gasteiger partial charge on any atom is -0.461 e. The minimum atomic E-state index is -1.16. The minimum absolute atomic E-state index is 0.0381. The van der Waals surface area contributed by atoms with Crippen LogP contribution >= 0.6 is 0 Å². The van der Waals surface area contributed by atoms with Crippen molar-refractivity contribution in [3.8, 4) is 0 Å². The van der Waals surface area contributed by atoms with E-state index in [-0.39, 0.29) is 36.9 Å². The van der Waals surface area contributed by atoms with Gasteiger partial charge in [-0.25, -0.2) is 0 Å². The van der Waals surface area contributed by atoms with Gasteiger partial charge in [0.25, 0.3) is 0 Å². The zero-order chi connectivity index (χ0) is 27.5. The van der Waals surface area contributed by atoms with Crippen LogP contribution in [0, 0.1) is 23.7 Å². The molecule has 0 radical (unpaired) electrons. The van der Waals surface area contributed by atoms with Crippen molar-refractivity contribution in [1.82, 2.24) is 9.80 Å². The van der Waals surface area contributed by atoms with Crippen molar-refractivity contribution in [3.05, 3.63) is 25.3 Å². The largest absolute Gasteiger partial charge is 0.461 e. The summed E-state index contributed by atoms with van der Waals surface area (Å²) in [6.07, 6.45) is 7.24. The van der Waals surface area contributed by atoms with Crippen LogP contribution < -0.4 is 0 Å². The van der Waals surface area contributed by atoms with Gasteiger partial charge >= 0.3 is 5.97 Å². The number of esters is 1. The second-order valence-corrected chi connectivity index (χ2v) is 11.3. The van der Waals surface area contributed by atoms with Crippen LogP contribution in [0.4, 0.5) is 0 Å². The van der Waals surface area contributed by atoms with E-state index in [1.54, 1.807) is 15.9 Å². The van der Waals surface area contributed by atoms with E-state index in [1.807, 2.05) is 27.7 Å². The van der Waals surface area contributed by atoms with E-state index < -0.39 is 41.1 Å². The van der Waals surface area contributed by atoms with E-state index >= 15 is 0 Å². The molecule has 3 heterocycles. The molecule has 2 amide bonds. The van der Waals surface area contributed by atoms with Gasteiger partial charge in [-0.2, -0.15) is 0 Å². The number of rotatable bonds is 14. The average molecular weight is 519 g/mol. The summed E-state index contributed by atoms with van der Waals surface area (Å²) in [4.78, 5) is 45.4. The maximum absolute atomic E-state index is 14.4. The van der Waals surface area contributed by atoms with Crippen LogP contribution in [-0.2, 0) is 23.9 Å². The van der Waals surface area contributed by atoms with Crippen molar-refractivity contribution in [3.63, 3.8) is 0 Å². The topological polar surface area (TPSA) is 96.4 Å². The van der Waals surface area contributed by atoms with Gasteiger partial charge in [-0.05, 0) is 31.6 Å². The van der Waals surface area contributed by atoms with Crippen LogP contribution in [0.5, 0.6) is 0 Å². The number of aliphatic hydroxyl groups is 1. The molecule has 3 rings (SSSR count). The molecule has 0 aromatic rings. The highest BCUT2D eigenvalue weighted by Gasteiger charge is 2.80. The third-order valence-electron chi connectivity index (χ3n) is 9.12. The molecule has 3 fully saturated rings. The molecule has 0 aliphatic carbocycles. The monoisotopic (exact) mass is 518 g/mol. The molecule has 8 heteroatoms. The van der Waals surface area contributed by atoms with Crippen molar-refractivity contribution in [2.24, 2.45) is 23.7 Å². The quantitative estimate of drug-likeness (QED) is 0.215. The fraction of sp³-hybridized carbons (Fsp3) is 0.759. The zero-order valence-electron chi connectivity index (χ0n) is 23.3. The molecule has 0 aromatic heterocycles. The fourth-order valence-corrected chi connectivity index (χ4v) is 6.89. The number of hydrogen-bond donors (Lipinski definition) is 1. The molecule has 2 bridgehead atoms. The van der Waals surface area contributed by atoms with Crippen molar-refractivity contribution >= 4 is 17.8 Å². The molecule has 208 valence electrons. The molecule has 3 aliphatic rings. The number of hydrogen-bond acceptors (Lipinski definition) is 6. The van der Waals surface area contributed by atoms with Gasteiger partial charge in [0.1, 0.15) is 24.2 Å². The normalized spacial score (nSPS) is 33.7. The first-order chi connectivity index (χ1) is 17.6. The molecule has 0 saturated carbocycles. The van der Waals surface area contributed by atoms with Crippen LogP contribution in [0.15, 0.2) is 25.3 Å². The van der Waals surface area contributed by atoms with Crippen LogP contribution in [0.3, 0.4) is 0 Å². The molecule has 8 atom stereocenters. The molecule has 0 aromatic carbocycles. The van der Waals surface area contributed by atoms with Gasteiger partial charge in [-0.15, -0.1) is 6.58 Å². The predicted octanol–water partition coefficient (Wildman–Crippen LogP) is 3.34. The van der Waals surface area contributed by atoms with E-state index in [2.05, 4.69) is 20.1 Å². The number of ether oxygens (including phenoxy) is 2. The summed E-state index contributed by atoms with van der Waals surface area (Å²) in [6.45, 7) is 18.1. The van der Waals surface area contributed by atoms with Gasteiger partial charge in [0.15, 0.2) is 0 Å². The molecule has 3 unspecified atom stereocenters. The molecule has 3 saturated heterocycles. The van der Waals surface area contributed by atoms with Gasteiger partial charge in [-0.1, -0.05) is 65.7 Å². The Hall–Kier alpha value is -2.19. The summed E-state index contributed by atoms with van der Waals surface area (Å²) in [5, 5.41) is 10.5. The van der Waals surface area contributed by atoms with Crippen molar-refractivity contribution in [2.75, 3.05) is 26.3 Å². The summed E-state index contributed by atoms with van der Waals surface area (Å²) in [7, 11) is 0. The van der Waals surface area contributed by atoms with Gasteiger partial charge in [0, 0.05) is 13.1 Å². The summed E-state index contributed by atoms with van der Waals surface area (Å²) < 4.78 is 12.2. The molecule has 8 nitrogen and oxygen atoms in total. The first-order valence-electron chi connectivity index (χ1n) is 13.9. The maximum atomic E-state index is 14.4. The van der Waals surface area contributed by atoms with Crippen LogP contribution in [0.25, 0.3) is 0 Å². The van der Waals surface area contributed by atoms with Gasteiger partial charge < -0.3 is 24.4 Å². The molecule has 37 heavy (non-hydrogen) atoms. The zero-order valence-corrected chi connectivity index (χ0v) is 23.3. The van der Waals surface area contributed by atoms with Gasteiger partial charge in [0.05, 0.1) is 24.2 Å². The number of unbranched alkanes of at least 4 members (excludes halogenated alkanes) is 2. The number of nitrogens with zero attached hydrogens (tertiary/aromatic N) is 2. The van der Waals surface area contributed by atoms with Crippen LogP contribution in [0.1, 0.15) is 66.7 Å². The van der Waals surface area contributed by atoms with E-state index in [1.165, 1.54) is 6.08 Å². The van der Waals surface area contributed by atoms with Crippen molar-refractivity contribution in [1.29, 1.82) is 0 Å². The number of carbonyl (C=O) groups is 3. The smallest absolute Gasteiger partial charge is 0.313 e. The lowest BCUT2D eigenvalue weighted by Gasteiger charge is -2.41. The Balaban J connectivity index is 2.14. The highest BCUT2D eigenvalue weighted by Crippen LogP contribution is 2.65. The van der Waals surface area contributed by atoms with E-state index in [9.17, 15) is 19.5 Å². The van der Waals surface area contributed by atoms with E-state index in [4.69, 9.17) is 9.47 Å². The third-order valence-corrected chi connectivity index (χ3v) is 9.12. The van der Waals surface area contributed by atoms with Crippen LogP contribution in [0.2, 0.25) is 0 Å². The molecule has 3 aliphatic heterocycles. The lowest BCUT2D eigenvalue weighted by Crippen LogP contribution is -2.60. The summed E-state index contributed by atoms with van der Waals surface area (Å²) in [5.74, 6) is -2.82. The lowest BCUT2D eigenvalue weighted by atomic mass is 9.62. The Morgan fingerprint density at radius 3 is 2.57 bits per heavy atom. The first-order valence-corrected chi connectivity index (χ1v) is 13.9. The molecule has 1 spiro atoms. The molecule has 1 N–H and O–H groups in total. The second-order valence-electron chi connectivity index (χ2n) is 11.3. The van der Waals surface area contributed by atoms with Gasteiger partial charge in [0.2, 0.25) is 11.8 Å². The Morgan fingerprint density at radius 1 is 1.30 bits per heavy atom. The Bertz CT molecular complexity index is 892. The summed E-state index contributed by atoms with van der Waals surface area (Å²) in [6, 6.07) is -1.50. The molecular weight excluding hydrogens is 472 g/mol. The third kappa shape index (κ3) is 4.76. The Kier molecular flexibility index (Phi) is 9.27. The summed E-state index contributed by atoms with van der Waals surface area (Å²) in [5.41, 5.74) is -2.09. The Morgan fingerprint density at radius 2 is 2.00 bits per heavy atom. The standard InChI is InChI=1S/C29H46N2O6/c1-8-12-13-15-30(14-9-2)26(34)24-29-17-20(6)28(7,37-29)23(27(35)36-16-10-3)22(29)25(33)31(24)21(18-32)19(5)11-4/h9-10,19-24,32H,2-3,8,11-18H2,1,4-7H3/t19-,20?,21-,22-,23+,24?,28-,29?/m0/s1. The lowest BCUT2D eigenvalue weighted by molar-refractivity contribution is -0.163. The predicted molar refractivity (Wildman–Crippen MR) is 141 cm³/mol. The highest BCUT2D eigenvalue weighted by molar-refractivity contribution is 5.98. The average Bonchev–Trinajstić information content (AvgIpc) is 3.39. The van der Waals surface area contributed by atoms with Crippen LogP contribution in [-0.4, -0.2) is 82.3 Å². The fourth-order valence-electron chi connectivity index (χ4n) is 6.89. The Labute approximate surface area is 222 Å². The number of aliphatic hydroxyl groups excluding tert-OH is 1. The van der Waals surface area contributed by atoms with E-state index in [0.29, 0.717) is 19.5 Å². The number of amides is 2. The first kappa shape index (κ1) is 29.4. The van der Waals surface area contributed by atoms with Crippen molar-refractivity contribution in [2.45, 2.75) is 90.0 Å². The van der Waals surface area contributed by atoms with E-state index in [0.717, 1.165) is 25.7 Å². The number of carbonyl (C=O) groups excluding carboxylic acids is 3. The summed E-state index contributed by atoms with van der Waals surface area (Å²) >= 11 is 0. The van der Waals surface area contributed by atoms with Gasteiger partial charge in [-0.3, -0.25) is 14.4 Å². The number of fused-ring (bicyclic) bond motifs is 1. The SMILES string of the molecule is C=CCOC(=O)[C@H]1[C@H]2C(=O)N([C@@H](CO)[C@@H](C)CC)C(C(=O)N(CC=C)CCCCC)C23CC(C)[C@]1(C)O3. The second kappa shape index (κ2) is 11.7. The molecular formula is C29H46N2O6.